The van der Waals surface area contributed by atoms with Crippen LogP contribution in [0.15, 0.2) is 47.3 Å². The molecule has 1 atom stereocenters. The number of pyridine rings is 1. The van der Waals surface area contributed by atoms with Gasteiger partial charge in [-0.2, -0.15) is 0 Å². The fraction of sp³-hybridized carbons (Fsp3) is 0.200. The fourth-order valence-electron chi connectivity index (χ4n) is 2.94. The molecule has 3 rings (SSSR count). The standard InChI is InChI=1S/C20H19ClN2O4/c1-11(12-6-4-7-13(10-12)26-2)22-18-14-8-5-9-15(21)17(14)23-19(24)16(18)20(25)27-3/h4-11H,1-3H3,(H2,22,23,24)/t11-/m1/s1. The number of aromatic amines is 1. The van der Waals surface area contributed by atoms with Crippen molar-refractivity contribution in [2.45, 2.75) is 13.0 Å². The number of benzene rings is 2. The van der Waals surface area contributed by atoms with Crippen molar-refractivity contribution in [1.29, 1.82) is 0 Å². The summed E-state index contributed by atoms with van der Waals surface area (Å²) in [4.78, 5) is 27.5. The molecule has 0 amide bonds. The molecule has 0 aliphatic carbocycles. The van der Waals surface area contributed by atoms with Gasteiger partial charge in [0.2, 0.25) is 0 Å². The molecule has 2 N–H and O–H groups in total. The molecular weight excluding hydrogens is 368 g/mol. The van der Waals surface area contributed by atoms with E-state index in [2.05, 4.69) is 10.3 Å². The van der Waals surface area contributed by atoms with Gasteiger partial charge in [-0.25, -0.2) is 4.79 Å². The minimum atomic E-state index is -0.724. The molecule has 27 heavy (non-hydrogen) atoms. The largest absolute Gasteiger partial charge is 0.497 e. The highest BCUT2D eigenvalue weighted by Gasteiger charge is 2.22. The van der Waals surface area contributed by atoms with Crippen molar-refractivity contribution in [2.75, 3.05) is 19.5 Å². The third kappa shape index (κ3) is 3.61. The lowest BCUT2D eigenvalue weighted by Gasteiger charge is -2.20. The average molecular weight is 387 g/mol. The smallest absolute Gasteiger partial charge is 0.345 e. The molecule has 0 fully saturated rings. The lowest BCUT2D eigenvalue weighted by molar-refractivity contribution is 0.0600. The topological polar surface area (TPSA) is 80.4 Å². The highest BCUT2D eigenvalue weighted by atomic mass is 35.5. The van der Waals surface area contributed by atoms with Crippen molar-refractivity contribution in [3.63, 3.8) is 0 Å². The lowest BCUT2D eigenvalue weighted by Crippen LogP contribution is -2.23. The molecule has 0 saturated carbocycles. The van der Waals surface area contributed by atoms with E-state index in [1.165, 1.54) is 7.11 Å². The first kappa shape index (κ1) is 18.8. The van der Waals surface area contributed by atoms with Gasteiger partial charge in [-0.05, 0) is 30.7 Å². The van der Waals surface area contributed by atoms with Gasteiger partial charge in [0.1, 0.15) is 11.3 Å². The van der Waals surface area contributed by atoms with Crippen molar-refractivity contribution in [1.82, 2.24) is 4.98 Å². The molecule has 0 spiro atoms. The van der Waals surface area contributed by atoms with Crippen LogP contribution in [-0.4, -0.2) is 25.2 Å². The second kappa shape index (κ2) is 7.72. The van der Waals surface area contributed by atoms with Crippen molar-refractivity contribution >= 4 is 34.2 Å². The van der Waals surface area contributed by atoms with Crippen LogP contribution in [0.5, 0.6) is 5.75 Å². The van der Waals surface area contributed by atoms with E-state index in [0.29, 0.717) is 27.4 Å². The number of hydrogen-bond acceptors (Lipinski definition) is 5. The number of para-hydroxylation sites is 1. The number of carbonyl (C=O) groups is 1. The van der Waals surface area contributed by atoms with Gasteiger partial charge in [-0.1, -0.05) is 35.9 Å². The molecule has 0 bridgehead atoms. The van der Waals surface area contributed by atoms with Crippen LogP contribution in [0.1, 0.15) is 28.9 Å². The van der Waals surface area contributed by atoms with E-state index >= 15 is 0 Å². The highest BCUT2D eigenvalue weighted by molar-refractivity contribution is 6.35. The van der Waals surface area contributed by atoms with E-state index in [9.17, 15) is 9.59 Å². The third-order valence-electron chi connectivity index (χ3n) is 4.34. The van der Waals surface area contributed by atoms with E-state index in [1.54, 1.807) is 25.3 Å². The van der Waals surface area contributed by atoms with Crippen LogP contribution in [0.4, 0.5) is 5.69 Å². The predicted molar refractivity (Wildman–Crippen MR) is 106 cm³/mol. The zero-order chi connectivity index (χ0) is 19.6. The van der Waals surface area contributed by atoms with Crippen LogP contribution in [0.3, 0.4) is 0 Å². The highest BCUT2D eigenvalue weighted by Crippen LogP contribution is 2.32. The Labute approximate surface area is 161 Å². The van der Waals surface area contributed by atoms with Gasteiger partial charge in [0, 0.05) is 11.4 Å². The molecule has 1 aromatic heterocycles. The Hall–Kier alpha value is -2.99. The number of aromatic nitrogens is 1. The zero-order valence-corrected chi connectivity index (χ0v) is 15.9. The molecule has 0 unspecified atom stereocenters. The second-order valence-corrected chi connectivity index (χ2v) is 6.41. The predicted octanol–water partition coefficient (Wildman–Crippen LogP) is 4.15. The Balaban J connectivity index is 2.17. The zero-order valence-electron chi connectivity index (χ0n) is 15.1. The average Bonchev–Trinajstić information content (AvgIpc) is 2.68. The van der Waals surface area contributed by atoms with Crippen LogP contribution >= 0.6 is 11.6 Å². The van der Waals surface area contributed by atoms with Gasteiger partial charge in [0.25, 0.3) is 5.56 Å². The number of hydrogen-bond donors (Lipinski definition) is 2. The molecule has 140 valence electrons. The van der Waals surface area contributed by atoms with Gasteiger partial charge in [-0.15, -0.1) is 0 Å². The van der Waals surface area contributed by atoms with Crippen LogP contribution in [-0.2, 0) is 4.74 Å². The second-order valence-electron chi connectivity index (χ2n) is 6.00. The Morgan fingerprint density at radius 2 is 1.93 bits per heavy atom. The Morgan fingerprint density at radius 1 is 1.19 bits per heavy atom. The minimum absolute atomic E-state index is 0.0954. The number of rotatable bonds is 5. The van der Waals surface area contributed by atoms with Gasteiger partial charge >= 0.3 is 5.97 Å². The van der Waals surface area contributed by atoms with Crippen LogP contribution in [0.25, 0.3) is 10.9 Å². The molecule has 1 heterocycles. The summed E-state index contributed by atoms with van der Waals surface area (Å²) in [6.45, 7) is 1.92. The Bertz CT molecular complexity index is 1060. The maximum Gasteiger partial charge on any atom is 0.345 e. The molecular formula is C20H19ClN2O4. The number of methoxy groups -OCH3 is 2. The minimum Gasteiger partial charge on any atom is -0.497 e. The summed E-state index contributed by atoms with van der Waals surface area (Å²) >= 11 is 6.23. The van der Waals surface area contributed by atoms with E-state index in [0.717, 1.165) is 5.56 Å². The molecule has 0 aliphatic heterocycles. The van der Waals surface area contributed by atoms with E-state index in [4.69, 9.17) is 21.1 Å². The molecule has 7 heteroatoms. The quantitative estimate of drug-likeness (QED) is 0.644. The third-order valence-corrected chi connectivity index (χ3v) is 4.66. The number of halogens is 1. The van der Waals surface area contributed by atoms with Gasteiger partial charge in [0.05, 0.1) is 30.4 Å². The summed E-state index contributed by atoms with van der Waals surface area (Å²) in [5, 5.41) is 4.28. The molecule has 2 aromatic carbocycles. The summed E-state index contributed by atoms with van der Waals surface area (Å²) in [7, 11) is 2.83. The summed E-state index contributed by atoms with van der Waals surface area (Å²) in [6.07, 6.45) is 0. The number of carbonyl (C=O) groups excluding carboxylic acids is 1. The summed E-state index contributed by atoms with van der Waals surface area (Å²) in [5.74, 6) is -0.00776. The number of ether oxygens (including phenoxy) is 2. The van der Waals surface area contributed by atoms with Crippen LogP contribution in [0.2, 0.25) is 5.02 Å². The van der Waals surface area contributed by atoms with Crippen LogP contribution < -0.4 is 15.6 Å². The Kier molecular flexibility index (Phi) is 5.37. The number of fused-ring (bicyclic) bond motifs is 1. The van der Waals surface area contributed by atoms with Crippen LogP contribution in [0, 0.1) is 0 Å². The SMILES string of the molecule is COC(=O)c1c(N[C@H](C)c2cccc(OC)c2)c2cccc(Cl)c2[nH]c1=O. The van der Waals surface area contributed by atoms with E-state index in [1.807, 2.05) is 31.2 Å². The van der Waals surface area contributed by atoms with Crippen molar-refractivity contribution in [3.05, 3.63) is 69.0 Å². The lowest BCUT2D eigenvalue weighted by atomic mass is 10.0. The first-order valence-electron chi connectivity index (χ1n) is 8.29. The van der Waals surface area contributed by atoms with E-state index < -0.39 is 11.5 Å². The number of anilines is 1. The fourth-order valence-corrected chi connectivity index (χ4v) is 3.16. The van der Waals surface area contributed by atoms with Gasteiger partial charge in [0.15, 0.2) is 0 Å². The molecule has 6 nitrogen and oxygen atoms in total. The number of nitrogens with one attached hydrogen (secondary N) is 2. The number of H-pyrrole nitrogens is 1. The molecule has 3 aromatic rings. The van der Waals surface area contributed by atoms with Gasteiger partial charge < -0.3 is 19.8 Å². The monoisotopic (exact) mass is 386 g/mol. The first-order valence-corrected chi connectivity index (χ1v) is 8.67. The number of esters is 1. The Morgan fingerprint density at radius 3 is 2.63 bits per heavy atom. The first-order chi connectivity index (χ1) is 13.0. The maximum absolute atomic E-state index is 12.5. The van der Waals surface area contributed by atoms with E-state index in [-0.39, 0.29) is 11.6 Å². The van der Waals surface area contributed by atoms with Gasteiger partial charge in [-0.3, -0.25) is 4.79 Å². The maximum atomic E-state index is 12.5. The van der Waals surface area contributed by atoms with Crippen molar-refractivity contribution in [2.24, 2.45) is 0 Å². The van der Waals surface area contributed by atoms with Crippen molar-refractivity contribution in [3.8, 4) is 5.75 Å². The molecule has 0 aliphatic rings. The summed E-state index contributed by atoms with van der Waals surface area (Å²) in [5.41, 5.74) is 1.10. The summed E-state index contributed by atoms with van der Waals surface area (Å²) in [6, 6.07) is 12.5. The summed E-state index contributed by atoms with van der Waals surface area (Å²) < 4.78 is 10.1. The normalized spacial score (nSPS) is 11.9. The van der Waals surface area contributed by atoms with Crippen molar-refractivity contribution < 1.29 is 14.3 Å². The molecule has 0 saturated heterocycles. The molecule has 0 radical (unpaired) electrons.